The number of halogens is 7. The maximum atomic E-state index is 12.8. The third-order valence-corrected chi connectivity index (χ3v) is 6.42. The number of carbonyl (C=O) groups excluding carboxylic acids is 1. The molecule has 2 aliphatic heterocycles. The van der Waals surface area contributed by atoms with Crippen molar-refractivity contribution in [2.24, 2.45) is 0 Å². The van der Waals surface area contributed by atoms with Crippen LogP contribution < -0.4 is 17.7 Å². The minimum absolute atomic E-state index is 0. The second-order valence-electron chi connectivity index (χ2n) is 6.24. The minimum atomic E-state index is -4.90. The lowest BCUT2D eigenvalue weighted by Crippen LogP contribution is -3.00. The Morgan fingerprint density at radius 3 is 2.04 bits per heavy atom. The summed E-state index contributed by atoms with van der Waals surface area (Å²) in [6.45, 7) is -3.25. The van der Waals surface area contributed by atoms with Crippen molar-refractivity contribution in [3.63, 3.8) is 0 Å². The molecule has 2 fully saturated rings. The van der Waals surface area contributed by atoms with Gasteiger partial charge in [0.15, 0.2) is 19.3 Å². The van der Waals surface area contributed by atoms with Gasteiger partial charge in [0.2, 0.25) is 0 Å². The molecular weight excluding hydrogens is 429 g/mol. The predicted molar refractivity (Wildman–Crippen MR) is 76.2 cm³/mol. The van der Waals surface area contributed by atoms with Crippen LogP contribution in [0.3, 0.4) is 0 Å². The van der Waals surface area contributed by atoms with Crippen LogP contribution in [0.1, 0.15) is 25.7 Å². The lowest BCUT2D eigenvalue weighted by atomic mass is 10.2. The average molecular weight is 449 g/mol. The van der Waals surface area contributed by atoms with Gasteiger partial charge in [-0.1, -0.05) is 0 Å². The Morgan fingerprint density at radius 1 is 1.04 bits per heavy atom. The molecule has 2 rings (SSSR count). The minimum Gasteiger partial charge on any atom is -1.00 e. The number of nitrogens with zero attached hydrogens (tertiary/aromatic N) is 1. The summed E-state index contributed by atoms with van der Waals surface area (Å²) in [6, 6.07) is -0.478. The Balaban J connectivity index is 0.00000364. The van der Waals surface area contributed by atoms with E-state index in [-0.39, 0.29) is 31.8 Å². The van der Waals surface area contributed by atoms with Gasteiger partial charge in [-0.05, 0) is 12.8 Å². The number of nitrogens with two attached hydrogens (primary N) is 1. The first kappa shape index (κ1) is 24.5. The first-order valence-electron chi connectivity index (χ1n) is 8.07. The molecule has 0 bridgehead atoms. The lowest BCUT2D eigenvalue weighted by molar-refractivity contribution is -0.658. The van der Waals surface area contributed by atoms with Crippen molar-refractivity contribution in [2.45, 2.75) is 49.9 Å². The number of hydrogen-bond donors (Lipinski definition) is 1. The fourth-order valence-corrected chi connectivity index (χ4v) is 5.22. The van der Waals surface area contributed by atoms with Crippen LogP contribution in [-0.4, -0.2) is 61.3 Å². The van der Waals surface area contributed by atoms with Gasteiger partial charge in [0.25, 0.3) is 5.91 Å². The molecule has 6 nitrogen and oxygen atoms in total. The Kier molecular flexibility index (Phi) is 8.43. The van der Waals surface area contributed by atoms with Gasteiger partial charge in [-0.25, -0.2) is 0 Å². The Bertz CT molecular complexity index is 534. The van der Waals surface area contributed by atoms with Crippen LogP contribution in [0.25, 0.3) is 0 Å². The fourth-order valence-electron chi connectivity index (χ4n) is 3.08. The summed E-state index contributed by atoms with van der Waals surface area (Å²) in [6.07, 6.45) is -8.25. The molecule has 2 N–H and O–H groups in total. The van der Waals surface area contributed by atoms with Gasteiger partial charge in [0, 0.05) is 19.4 Å². The Hall–Kier alpha value is -0.550. The zero-order valence-electron chi connectivity index (χ0n) is 14.1. The molecule has 27 heavy (non-hydrogen) atoms. The third-order valence-electron chi connectivity index (χ3n) is 4.17. The molecule has 0 aromatic heterocycles. The van der Waals surface area contributed by atoms with Crippen molar-refractivity contribution in [1.29, 1.82) is 0 Å². The fraction of sp³-hybridized carbons (Fsp3) is 0.923. The molecule has 2 saturated heterocycles. The molecule has 0 saturated carbocycles. The van der Waals surface area contributed by atoms with Crippen molar-refractivity contribution in [1.82, 2.24) is 4.90 Å². The molecule has 160 valence electrons. The van der Waals surface area contributed by atoms with E-state index in [4.69, 9.17) is 0 Å². The van der Waals surface area contributed by atoms with Gasteiger partial charge in [0.05, 0.1) is 6.54 Å². The second-order valence-corrected chi connectivity index (χ2v) is 8.44. The molecule has 2 aliphatic rings. The van der Waals surface area contributed by atoms with Crippen LogP contribution in [0.15, 0.2) is 0 Å². The molecule has 2 atom stereocenters. The monoisotopic (exact) mass is 448 g/mol. The maximum Gasteiger partial charge on any atom is 0.412 e. The number of quaternary nitrogens is 1. The van der Waals surface area contributed by atoms with Crippen LogP contribution in [0.5, 0.6) is 0 Å². The number of likely N-dealkylation sites (tertiary alicyclic amines) is 1. The molecule has 0 aliphatic carbocycles. The van der Waals surface area contributed by atoms with E-state index in [0.29, 0.717) is 13.0 Å². The summed E-state index contributed by atoms with van der Waals surface area (Å²) in [5.41, 5.74) is 0. The van der Waals surface area contributed by atoms with Crippen molar-refractivity contribution >= 4 is 13.5 Å². The highest BCUT2D eigenvalue weighted by molar-refractivity contribution is 7.54. The first-order chi connectivity index (χ1) is 11.9. The van der Waals surface area contributed by atoms with E-state index in [1.54, 1.807) is 5.32 Å². The maximum absolute atomic E-state index is 12.8. The predicted octanol–water partition coefficient (Wildman–Crippen LogP) is -0.984. The molecule has 0 radical (unpaired) electrons. The second kappa shape index (κ2) is 9.30. The summed E-state index contributed by atoms with van der Waals surface area (Å²) in [7, 11) is -4.86. The highest BCUT2D eigenvalue weighted by Crippen LogP contribution is 2.58. The van der Waals surface area contributed by atoms with E-state index in [2.05, 4.69) is 9.05 Å². The van der Waals surface area contributed by atoms with E-state index < -0.39 is 50.9 Å². The topological polar surface area (TPSA) is 72.5 Å². The summed E-state index contributed by atoms with van der Waals surface area (Å²) >= 11 is 0. The van der Waals surface area contributed by atoms with Crippen LogP contribution in [-0.2, 0) is 18.4 Å². The zero-order chi connectivity index (χ0) is 19.6. The van der Waals surface area contributed by atoms with Crippen LogP contribution in [0.4, 0.5) is 26.3 Å². The van der Waals surface area contributed by atoms with Crippen LogP contribution >= 0.6 is 7.60 Å². The van der Waals surface area contributed by atoms with Crippen molar-refractivity contribution in [2.75, 3.05) is 26.3 Å². The van der Waals surface area contributed by atoms with Crippen LogP contribution in [0, 0.1) is 0 Å². The van der Waals surface area contributed by atoms with Gasteiger partial charge in [-0.3, -0.25) is 18.4 Å². The van der Waals surface area contributed by atoms with Gasteiger partial charge in [-0.15, -0.1) is 0 Å². The molecule has 2 unspecified atom stereocenters. The molecule has 2 heterocycles. The van der Waals surface area contributed by atoms with E-state index in [0.717, 1.165) is 11.3 Å². The molecular formula is C13H20ClF6N2O4P. The van der Waals surface area contributed by atoms with Gasteiger partial charge in [-0.2, -0.15) is 26.3 Å². The smallest absolute Gasteiger partial charge is 0.412 e. The first-order valence-corrected chi connectivity index (χ1v) is 9.69. The average Bonchev–Trinajstić information content (AvgIpc) is 3.20. The number of carbonyl (C=O) groups is 1. The third kappa shape index (κ3) is 7.08. The quantitative estimate of drug-likeness (QED) is 0.419. The van der Waals surface area contributed by atoms with Gasteiger partial charge < -0.3 is 22.6 Å². The number of alkyl halides is 6. The summed E-state index contributed by atoms with van der Waals surface area (Å²) in [5.74, 6) is -1.91. The highest BCUT2D eigenvalue weighted by Gasteiger charge is 2.50. The Morgan fingerprint density at radius 2 is 1.59 bits per heavy atom. The molecule has 1 amide bonds. The molecule has 0 spiro atoms. The lowest BCUT2D eigenvalue weighted by Gasteiger charge is -2.31. The van der Waals surface area contributed by atoms with E-state index in [9.17, 15) is 35.7 Å². The normalized spacial score (nSPS) is 24.1. The standard InChI is InChI=1S/C13H19F6N2O4P.ClH/c14-12(15,16)7-24-26(23,25-8-13(17,18)19)10-4-2-6-21(10)11(22)9-3-1-5-20-9;/h9-10,20H,1-8H2;1H. The number of amides is 1. The summed E-state index contributed by atoms with van der Waals surface area (Å²) < 4.78 is 96.1. The van der Waals surface area contributed by atoms with E-state index in [1.165, 1.54) is 0 Å². The molecule has 14 heteroatoms. The summed E-state index contributed by atoms with van der Waals surface area (Å²) in [5, 5.41) is 1.75. The van der Waals surface area contributed by atoms with E-state index in [1.807, 2.05) is 0 Å². The SMILES string of the molecule is O=C(C1CCC[NH2+]1)N1CCCC1P(=O)(OCC(F)(F)F)OCC(F)(F)F.[Cl-]. The van der Waals surface area contributed by atoms with Crippen molar-refractivity contribution in [3.05, 3.63) is 0 Å². The summed E-state index contributed by atoms with van der Waals surface area (Å²) in [4.78, 5) is 13.6. The van der Waals surface area contributed by atoms with E-state index >= 15 is 0 Å². The zero-order valence-corrected chi connectivity index (χ0v) is 15.7. The van der Waals surface area contributed by atoms with Crippen LogP contribution in [0.2, 0.25) is 0 Å². The largest absolute Gasteiger partial charge is 1.00 e. The molecule has 0 aromatic carbocycles. The van der Waals surface area contributed by atoms with Gasteiger partial charge in [0.1, 0.15) is 5.78 Å². The van der Waals surface area contributed by atoms with Gasteiger partial charge >= 0.3 is 19.9 Å². The highest BCUT2D eigenvalue weighted by atomic mass is 35.5. The van der Waals surface area contributed by atoms with Crippen molar-refractivity contribution < 1.29 is 62.5 Å². The number of rotatable bonds is 6. The van der Waals surface area contributed by atoms with Crippen molar-refractivity contribution in [3.8, 4) is 0 Å². The Labute approximate surface area is 157 Å². The number of hydrogen-bond acceptors (Lipinski definition) is 4. The molecule has 0 aromatic rings.